The number of halogens is 3. The first-order valence-electron chi connectivity index (χ1n) is 12.7. The van der Waals surface area contributed by atoms with Gasteiger partial charge in [-0.15, -0.1) is 0 Å². The zero-order valence-electron chi connectivity index (χ0n) is 21.5. The van der Waals surface area contributed by atoms with Gasteiger partial charge in [0, 0.05) is 19.5 Å². The molecule has 1 atom stereocenters. The molecule has 8 heteroatoms. The normalized spacial score (nSPS) is 11.7. The van der Waals surface area contributed by atoms with Crippen LogP contribution in [0, 0.1) is 0 Å². The van der Waals surface area contributed by atoms with E-state index in [9.17, 15) is 9.59 Å². The molecular weight excluding hydrogens is 599 g/mol. The number of hydrogen-bond donors (Lipinski definition) is 1. The minimum atomic E-state index is -0.760. The molecule has 0 aliphatic heterocycles. The highest BCUT2D eigenvalue weighted by atomic mass is 79.9. The van der Waals surface area contributed by atoms with Gasteiger partial charge >= 0.3 is 0 Å². The van der Waals surface area contributed by atoms with Gasteiger partial charge < -0.3 is 15.0 Å². The zero-order chi connectivity index (χ0) is 27.8. The second kappa shape index (κ2) is 13.8. The molecule has 0 aliphatic carbocycles. The van der Waals surface area contributed by atoms with Crippen molar-refractivity contribution in [2.45, 2.75) is 32.4 Å². The maximum Gasteiger partial charge on any atom is 0.261 e. The predicted octanol–water partition coefficient (Wildman–Crippen LogP) is 7.45. The molecule has 0 radical (unpaired) electrons. The fourth-order valence-electron chi connectivity index (χ4n) is 4.30. The molecule has 1 N–H and O–H groups in total. The molecule has 4 aromatic carbocycles. The van der Waals surface area contributed by atoms with Crippen LogP contribution in [0.15, 0.2) is 89.4 Å². The molecule has 0 heterocycles. The number of benzene rings is 4. The average molecular weight is 628 g/mol. The lowest BCUT2D eigenvalue weighted by Crippen LogP contribution is -2.51. The van der Waals surface area contributed by atoms with Crippen LogP contribution in [0.25, 0.3) is 10.8 Å². The van der Waals surface area contributed by atoms with E-state index >= 15 is 0 Å². The summed E-state index contributed by atoms with van der Waals surface area (Å²) in [6.07, 6.45) is 1.13. The maximum absolute atomic E-state index is 13.8. The van der Waals surface area contributed by atoms with E-state index < -0.39 is 6.04 Å². The second-order valence-electron chi connectivity index (χ2n) is 9.15. The second-order valence-corrected chi connectivity index (χ2v) is 10.8. The summed E-state index contributed by atoms with van der Waals surface area (Å²) in [7, 11) is 0. The maximum atomic E-state index is 13.8. The Bertz CT molecular complexity index is 1450. The summed E-state index contributed by atoms with van der Waals surface area (Å²) in [5, 5.41) is 5.81. The standard InChI is InChI=1S/C31H29BrCl2N2O3/c1-2-16-35-31(38)27(18-21-8-4-3-5-9-21)36(19-22-12-14-25(33)26(34)17-22)29(37)20-39-28-15-13-23-10-6-7-11-24(23)30(28)32/h3-15,17,27H,2,16,18-20H2,1H3,(H,35,38). The van der Waals surface area contributed by atoms with Gasteiger partial charge in [-0.2, -0.15) is 0 Å². The number of fused-ring (bicyclic) bond motifs is 1. The van der Waals surface area contributed by atoms with Crippen molar-refractivity contribution >= 4 is 61.7 Å². The molecule has 1 unspecified atom stereocenters. The van der Waals surface area contributed by atoms with Crippen LogP contribution in [0.2, 0.25) is 10.0 Å². The van der Waals surface area contributed by atoms with Gasteiger partial charge in [-0.3, -0.25) is 9.59 Å². The van der Waals surface area contributed by atoms with Crippen LogP contribution >= 0.6 is 39.1 Å². The highest BCUT2D eigenvalue weighted by molar-refractivity contribution is 9.10. The molecule has 0 aliphatic rings. The van der Waals surface area contributed by atoms with Gasteiger partial charge in [-0.1, -0.05) is 96.9 Å². The van der Waals surface area contributed by atoms with Crippen LogP contribution in [0.1, 0.15) is 24.5 Å². The Labute approximate surface area is 247 Å². The van der Waals surface area contributed by atoms with Crippen LogP contribution in [0.4, 0.5) is 0 Å². The lowest BCUT2D eigenvalue weighted by atomic mass is 10.0. The van der Waals surface area contributed by atoms with Gasteiger partial charge in [0.2, 0.25) is 5.91 Å². The predicted molar refractivity (Wildman–Crippen MR) is 161 cm³/mol. The van der Waals surface area contributed by atoms with Crippen LogP contribution in [0.5, 0.6) is 5.75 Å². The minimum absolute atomic E-state index is 0.162. The number of amides is 2. The van der Waals surface area contributed by atoms with E-state index in [1.165, 1.54) is 0 Å². The van der Waals surface area contributed by atoms with Gasteiger partial charge in [0.1, 0.15) is 11.8 Å². The Morgan fingerprint density at radius 1 is 0.923 bits per heavy atom. The molecule has 202 valence electrons. The molecule has 0 fully saturated rings. The smallest absolute Gasteiger partial charge is 0.261 e. The first-order valence-corrected chi connectivity index (χ1v) is 14.3. The topological polar surface area (TPSA) is 58.6 Å². The number of carbonyl (C=O) groups excluding carboxylic acids is 2. The molecule has 4 aromatic rings. The molecule has 4 rings (SSSR count). The molecule has 0 saturated carbocycles. The molecule has 2 amide bonds. The highest BCUT2D eigenvalue weighted by Gasteiger charge is 2.31. The summed E-state index contributed by atoms with van der Waals surface area (Å²) in [5.41, 5.74) is 1.70. The third-order valence-electron chi connectivity index (χ3n) is 6.34. The summed E-state index contributed by atoms with van der Waals surface area (Å²) in [6.45, 7) is 2.42. The van der Waals surface area contributed by atoms with E-state index in [4.69, 9.17) is 27.9 Å². The Morgan fingerprint density at radius 3 is 2.41 bits per heavy atom. The Hall–Kier alpha value is -3.06. The van der Waals surface area contributed by atoms with E-state index in [0.29, 0.717) is 28.8 Å². The number of carbonyl (C=O) groups is 2. The lowest BCUT2D eigenvalue weighted by molar-refractivity contribution is -0.142. The third kappa shape index (κ3) is 7.53. The lowest BCUT2D eigenvalue weighted by Gasteiger charge is -2.31. The van der Waals surface area contributed by atoms with Gasteiger partial charge in [0.15, 0.2) is 6.61 Å². The number of hydrogen-bond acceptors (Lipinski definition) is 3. The Balaban J connectivity index is 1.64. The molecule has 5 nitrogen and oxygen atoms in total. The van der Waals surface area contributed by atoms with Crippen LogP contribution in [-0.2, 0) is 22.6 Å². The van der Waals surface area contributed by atoms with Crippen molar-refractivity contribution in [2.24, 2.45) is 0 Å². The molecular formula is C31H29BrCl2N2O3. The summed E-state index contributed by atoms with van der Waals surface area (Å²) in [5.74, 6) is 0.00120. The van der Waals surface area contributed by atoms with Crippen LogP contribution < -0.4 is 10.1 Å². The number of nitrogens with zero attached hydrogens (tertiary/aromatic N) is 1. The van der Waals surface area contributed by atoms with E-state index in [0.717, 1.165) is 32.8 Å². The first-order chi connectivity index (χ1) is 18.9. The van der Waals surface area contributed by atoms with E-state index in [2.05, 4.69) is 21.2 Å². The molecule has 0 saturated heterocycles. The fourth-order valence-corrected chi connectivity index (χ4v) is 5.23. The number of rotatable bonds is 11. The SMILES string of the molecule is CCCNC(=O)C(Cc1ccccc1)N(Cc1ccc(Cl)c(Cl)c1)C(=O)COc1ccc2ccccc2c1Br. The van der Waals surface area contributed by atoms with Gasteiger partial charge in [0.25, 0.3) is 5.91 Å². The van der Waals surface area contributed by atoms with Crippen molar-refractivity contribution in [1.82, 2.24) is 10.2 Å². The van der Waals surface area contributed by atoms with Crippen LogP contribution in [-0.4, -0.2) is 35.9 Å². The largest absolute Gasteiger partial charge is 0.483 e. The highest BCUT2D eigenvalue weighted by Crippen LogP contribution is 2.33. The summed E-state index contributed by atoms with van der Waals surface area (Å²) < 4.78 is 6.78. The van der Waals surface area contributed by atoms with Crippen molar-refractivity contribution in [1.29, 1.82) is 0 Å². The van der Waals surface area contributed by atoms with Crippen molar-refractivity contribution in [3.63, 3.8) is 0 Å². The van der Waals surface area contributed by atoms with E-state index in [1.54, 1.807) is 23.1 Å². The Morgan fingerprint density at radius 2 is 1.67 bits per heavy atom. The van der Waals surface area contributed by atoms with E-state index in [-0.39, 0.29) is 25.0 Å². The van der Waals surface area contributed by atoms with Gasteiger partial charge in [0.05, 0.1) is 14.5 Å². The van der Waals surface area contributed by atoms with Crippen molar-refractivity contribution in [3.05, 3.63) is 111 Å². The van der Waals surface area contributed by atoms with Gasteiger partial charge in [-0.25, -0.2) is 0 Å². The quantitative estimate of drug-likeness (QED) is 0.188. The Kier molecular flexibility index (Phi) is 10.3. The summed E-state index contributed by atoms with van der Waals surface area (Å²) >= 11 is 16.0. The average Bonchev–Trinajstić information content (AvgIpc) is 2.95. The van der Waals surface area contributed by atoms with E-state index in [1.807, 2.05) is 73.7 Å². The summed E-state index contributed by atoms with van der Waals surface area (Å²) in [6, 6.07) is 25.8. The minimum Gasteiger partial charge on any atom is -0.483 e. The first kappa shape index (κ1) is 28.9. The molecule has 0 aromatic heterocycles. The number of ether oxygens (including phenoxy) is 1. The molecule has 39 heavy (non-hydrogen) atoms. The monoisotopic (exact) mass is 626 g/mol. The van der Waals surface area contributed by atoms with Crippen molar-refractivity contribution in [2.75, 3.05) is 13.2 Å². The zero-order valence-corrected chi connectivity index (χ0v) is 24.6. The molecule has 0 bridgehead atoms. The van der Waals surface area contributed by atoms with Crippen LogP contribution in [0.3, 0.4) is 0 Å². The third-order valence-corrected chi connectivity index (χ3v) is 7.89. The fraction of sp³-hybridized carbons (Fsp3) is 0.226. The summed E-state index contributed by atoms with van der Waals surface area (Å²) in [4.78, 5) is 28.8. The number of nitrogens with one attached hydrogen (secondary N) is 1. The van der Waals surface area contributed by atoms with Crippen molar-refractivity contribution < 1.29 is 14.3 Å². The van der Waals surface area contributed by atoms with Crippen molar-refractivity contribution in [3.8, 4) is 5.75 Å². The van der Waals surface area contributed by atoms with Gasteiger partial charge in [-0.05, 0) is 62.4 Å². The molecule has 0 spiro atoms.